The van der Waals surface area contributed by atoms with E-state index in [1.807, 2.05) is 59.2 Å². The summed E-state index contributed by atoms with van der Waals surface area (Å²) in [5.41, 5.74) is 3.45. The van der Waals surface area contributed by atoms with Gasteiger partial charge in [-0.2, -0.15) is 0 Å². The van der Waals surface area contributed by atoms with Crippen molar-refractivity contribution in [3.8, 4) is 5.75 Å². The molecule has 0 saturated carbocycles. The summed E-state index contributed by atoms with van der Waals surface area (Å²) >= 11 is 0. The molecule has 2 heterocycles. The molecule has 2 aliphatic rings. The topological polar surface area (TPSA) is 49.9 Å². The van der Waals surface area contributed by atoms with E-state index in [-0.39, 0.29) is 30.4 Å². The van der Waals surface area contributed by atoms with Crippen LogP contribution in [0.25, 0.3) is 0 Å². The smallest absolute Gasteiger partial charge is 0.260 e. The van der Waals surface area contributed by atoms with Crippen molar-refractivity contribution in [1.29, 1.82) is 0 Å². The first-order valence-corrected chi connectivity index (χ1v) is 10.4. The van der Waals surface area contributed by atoms with E-state index in [0.29, 0.717) is 31.7 Å². The Morgan fingerprint density at radius 2 is 1.72 bits per heavy atom. The van der Waals surface area contributed by atoms with Gasteiger partial charge in [-0.1, -0.05) is 35.9 Å². The van der Waals surface area contributed by atoms with Crippen LogP contribution in [0.3, 0.4) is 0 Å². The average Bonchev–Trinajstić information content (AvgIpc) is 3.08. The van der Waals surface area contributed by atoms with Gasteiger partial charge >= 0.3 is 0 Å². The molecule has 2 aliphatic heterocycles. The van der Waals surface area contributed by atoms with E-state index in [4.69, 9.17) is 4.74 Å². The highest BCUT2D eigenvalue weighted by atomic mass is 16.5. The van der Waals surface area contributed by atoms with Crippen molar-refractivity contribution in [3.05, 3.63) is 59.7 Å². The van der Waals surface area contributed by atoms with Crippen LogP contribution in [0.5, 0.6) is 5.75 Å². The minimum absolute atomic E-state index is 0.0173. The molecule has 1 saturated heterocycles. The number of benzene rings is 2. The molecule has 5 nitrogen and oxygen atoms in total. The maximum Gasteiger partial charge on any atom is 0.260 e. The number of ether oxygens (including phenoxy) is 1. The highest BCUT2D eigenvalue weighted by molar-refractivity contribution is 5.97. The average molecular weight is 392 g/mol. The Morgan fingerprint density at radius 3 is 2.45 bits per heavy atom. The zero-order valence-corrected chi connectivity index (χ0v) is 17.1. The summed E-state index contributed by atoms with van der Waals surface area (Å²) in [7, 11) is 0. The first kappa shape index (κ1) is 19.5. The second kappa shape index (κ2) is 8.27. The fourth-order valence-corrected chi connectivity index (χ4v) is 4.34. The minimum atomic E-state index is -0.0225. The third kappa shape index (κ3) is 4.14. The van der Waals surface area contributed by atoms with Crippen LogP contribution in [0.4, 0.5) is 5.69 Å². The van der Waals surface area contributed by atoms with Gasteiger partial charge < -0.3 is 14.5 Å². The summed E-state index contributed by atoms with van der Waals surface area (Å²) in [6, 6.07) is 16.1. The van der Waals surface area contributed by atoms with Crippen LogP contribution < -0.4 is 9.64 Å². The molecule has 5 heteroatoms. The number of amides is 2. The van der Waals surface area contributed by atoms with E-state index in [0.717, 1.165) is 17.7 Å². The standard InChI is InChI=1S/C24H28N2O3/c1-17-7-9-21(10-8-17)29-16-23(27)25-13-11-19(12-14-25)24(28)26-18(2)15-20-5-3-4-6-22(20)26/h3-10,18-19H,11-16H2,1-2H3. The number of anilines is 1. The van der Waals surface area contributed by atoms with E-state index >= 15 is 0 Å². The molecule has 4 rings (SSSR count). The molecule has 0 radical (unpaired) electrons. The van der Waals surface area contributed by atoms with Gasteiger partial charge in [0.1, 0.15) is 5.75 Å². The van der Waals surface area contributed by atoms with Crippen molar-refractivity contribution in [3.63, 3.8) is 0 Å². The van der Waals surface area contributed by atoms with E-state index in [2.05, 4.69) is 13.0 Å². The maximum absolute atomic E-state index is 13.2. The molecule has 29 heavy (non-hydrogen) atoms. The number of para-hydroxylation sites is 1. The summed E-state index contributed by atoms with van der Waals surface area (Å²) in [4.78, 5) is 29.5. The van der Waals surface area contributed by atoms with Crippen molar-refractivity contribution in [2.24, 2.45) is 5.92 Å². The number of piperidine rings is 1. The Balaban J connectivity index is 1.30. The zero-order valence-electron chi connectivity index (χ0n) is 17.1. The molecule has 1 fully saturated rings. The number of aryl methyl sites for hydroxylation is 1. The second-order valence-electron chi connectivity index (χ2n) is 8.15. The monoisotopic (exact) mass is 392 g/mol. The largest absolute Gasteiger partial charge is 0.484 e. The number of rotatable bonds is 4. The quantitative estimate of drug-likeness (QED) is 0.799. The summed E-state index contributed by atoms with van der Waals surface area (Å²) in [5, 5.41) is 0. The number of hydrogen-bond acceptors (Lipinski definition) is 3. The molecule has 0 spiro atoms. The van der Waals surface area contributed by atoms with Crippen LogP contribution in [-0.4, -0.2) is 42.5 Å². The van der Waals surface area contributed by atoms with Crippen molar-refractivity contribution in [2.75, 3.05) is 24.6 Å². The van der Waals surface area contributed by atoms with Crippen molar-refractivity contribution in [1.82, 2.24) is 4.90 Å². The number of carbonyl (C=O) groups is 2. The van der Waals surface area contributed by atoms with Gasteiger partial charge in [0.05, 0.1) is 0 Å². The van der Waals surface area contributed by atoms with Gasteiger partial charge in [0.15, 0.2) is 6.61 Å². The van der Waals surface area contributed by atoms with Crippen LogP contribution >= 0.6 is 0 Å². The van der Waals surface area contributed by atoms with Crippen molar-refractivity contribution >= 4 is 17.5 Å². The van der Waals surface area contributed by atoms with Gasteiger partial charge in [-0.15, -0.1) is 0 Å². The normalized spacial score (nSPS) is 19.2. The van der Waals surface area contributed by atoms with Crippen LogP contribution in [0.1, 0.15) is 30.9 Å². The predicted molar refractivity (Wildman–Crippen MR) is 113 cm³/mol. The molecule has 2 amide bonds. The lowest BCUT2D eigenvalue weighted by molar-refractivity contribution is -0.136. The molecular formula is C24H28N2O3. The van der Waals surface area contributed by atoms with E-state index < -0.39 is 0 Å². The van der Waals surface area contributed by atoms with Gasteiger partial charge in [-0.25, -0.2) is 0 Å². The highest BCUT2D eigenvalue weighted by Crippen LogP contribution is 2.34. The number of hydrogen-bond donors (Lipinski definition) is 0. The summed E-state index contributed by atoms with van der Waals surface area (Å²) < 4.78 is 5.62. The van der Waals surface area contributed by atoms with Gasteiger partial charge in [-0.05, 0) is 56.9 Å². The van der Waals surface area contributed by atoms with Crippen LogP contribution in [0.15, 0.2) is 48.5 Å². The predicted octanol–water partition coefficient (Wildman–Crippen LogP) is 3.59. The van der Waals surface area contributed by atoms with E-state index in [1.165, 1.54) is 5.56 Å². The van der Waals surface area contributed by atoms with Crippen LogP contribution in [-0.2, 0) is 16.0 Å². The van der Waals surface area contributed by atoms with Gasteiger partial charge in [-0.3, -0.25) is 9.59 Å². The Bertz CT molecular complexity index is 885. The molecule has 1 atom stereocenters. The Morgan fingerprint density at radius 1 is 1.03 bits per heavy atom. The second-order valence-corrected chi connectivity index (χ2v) is 8.15. The molecule has 152 valence electrons. The Kier molecular flexibility index (Phi) is 5.56. The SMILES string of the molecule is Cc1ccc(OCC(=O)N2CCC(C(=O)N3c4ccccc4CC3C)CC2)cc1. The highest BCUT2D eigenvalue weighted by Gasteiger charge is 2.36. The van der Waals surface area contributed by atoms with Gasteiger partial charge in [0.25, 0.3) is 5.91 Å². The number of nitrogens with zero attached hydrogens (tertiary/aromatic N) is 2. The molecule has 2 aromatic rings. The molecule has 2 aromatic carbocycles. The molecule has 0 N–H and O–H groups in total. The number of carbonyl (C=O) groups excluding carboxylic acids is 2. The lowest BCUT2D eigenvalue weighted by Crippen LogP contribution is -2.47. The van der Waals surface area contributed by atoms with Crippen LogP contribution in [0.2, 0.25) is 0 Å². The first-order valence-electron chi connectivity index (χ1n) is 10.4. The Labute approximate surface area is 172 Å². The fraction of sp³-hybridized carbons (Fsp3) is 0.417. The minimum Gasteiger partial charge on any atom is -0.484 e. The summed E-state index contributed by atoms with van der Waals surface area (Å²) in [5.74, 6) is 0.864. The van der Waals surface area contributed by atoms with E-state index in [1.54, 1.807) is 0 Å². The lowest BCUT2D eigenvalue weighted by Gasteiger charge is -2.34. The third-order valence-corrected chi connectivity index (χ3v) is 6.02. The van der Waals surface area contributed by atoms with E-state index in [9.17, 15) is 9.59 Å². The summed E-state index contributed by atoms with van der Waals surface area (Å²) in [6.45, 7) is 5.38. The van der Waals surface area contributed by atoms with Gasteiger partial charge in [0, 0.05) is 30.7 Å². The molecule has 0 aromatic heterocycles. The zero-order chi connectivity index (χ0) is 20.4. The maximum atomic E-state index is 13.2. The van der Waals surface area contributed by atoms with Crippen LogP contribution in [0, 0.1) is 12.8 Å². The third-order valence-electron chi connectivity index (χ3n) is 6.02. The number of likely N-dealkylation sites (tertiary alicyclic amines) is 1. The van der Waals surface area contributed by atoms with Crippen molar-refractivity contribution < 1.29 is 14.3 Å². The fourth-order valence-electron chi connectivity index (χ4n) is 4.34. The first-order chi connectivity index (χ1) is 14.0. The molecule has 0 bridgehead atoms. The lowest BCUT2D eigenvalue weighted by atomic mass is 9.94. The number of fused-ring (bicyclic) bond motifs is 1. The van der Waals surface area contributed by atoms with Gasteiger partial charge in [0.2, 0.25) is 5.91 Å². The molecule has 1 unspecified atom stereocenters. The summed E-state index contributed by atoms with van der Waals surface area (Å²) in [6.07, 6.45) is 2.33. The van der Waals surface area contributed by atoms with Crippen molar-refractivity contribution in [2.45, 2.75) is 39.2 Å². The molecular weight excluding hydrogens is 364 g/mol. The Hall–Kier alpha value is -2.82. The molecule has 0 aliphatic carbocycles.